The Bertz CT molecular complexity index is 313. The van der Waals surface area contributed by atoms with Gasteiger partial charge in [-0.15, -0.1) is 11.8 Å². The van der Waals surface area contributed by atoms with Crippen molar-refractivity contribution in [2.75, 3.05) is 6.26 Å². The van der Waals surface area contributed by atoms with Crippen LogP contribution in [0.5, 0.6) is 5.75 Å². The van der Waals surface area contributed by atoms with Crippen LogP contribution in [-0.2, 0) is 4.79 Å². The van der Waals surface area contributed by atoms with E-state index in [1.807, 2.05) is 18.4 Å². The predicted octanol–water partition coefficient (Wildman–Crippen LogP) is 1.61. The Hall–Kier alpha value is -0.160. The number of aliphatic carboxylic acids is 1. The van der Waals surface area contributed by atoms with Crippen LogP contribution in [0.3, 0.4) is 0 Å². The summed E-state index contributed by atoms with van der Waals surface area (Å²) in [6.07, 6.45) is 1.17. The maximum absolute atomic E-state index is 10.5. The zero-order valence-electron chi connectivity index (χ0n) is 8.06. The van der Waals surface area contributed by atoms with Gasteiger partial charge in [-0.05, 0) is 37.4 Å². The van der Waals surface area contributed by atoms with Crippen LogP contribution in [0.15, 0.2) is 29.2 Å². The zero-order valence-corrected chi connectivity index (χ0v) is 8.88. The molecule has 5 heteroatoms. The molecule has 78 valence electrons. The summed E-state index contributed by atoms with van der Waals surface area (Å²) in [4.78, 5) is 11.6. The van der Waals surface area contributed by atoms with Gasteiger partial charge in [-0.1, -0.05) is 0 Å². The Morgan fingerprint density at radius 1 is 1.40 bits per heavy atom. The van der Waals surface area contributed by atoms with E-state index >= 15 is 0 Å². The molecule has 0 amide bonds. The molecule has 0 aliphatic heterocycles. The fraction of sp³-hybridized carbons (Fsp3) is 0.300. The van der Waals surface area contributed by atoms with Gasteiger partial charge in [0, 0.05) is 4.90 Å². The van der Waals surface area contributed by atoms with E-state index in [0.717, 1.165) is 4.90 Å². The Labute approximate surface area is 115 Å². The number of benzene rings is 1. The maximum atomic E-state index is 10.5. The molecular formula is C10H13NaO3S. The van der Waals surface area contributed by atoms with Gasteiger partial charge in [-0.3, -0.25) is 0 Å². The van der Waals surface area contributed by atoms with E-state index in [-0.39, 0.29) is 29.6 Å². The molecule has 1 aromatic rings. The van der Waals surface area contributed by atoms with Gasteiger partial charge in [0.05, 0.1) is 0 Å². The van der Waals surface area contributed by atoms with Gasteiger partial charge in [-0.2, -0.15) is 0 Å². The van der Waals surface area contributed by atoms with E-state index in [1.54, 1.807) is 23.9 Å². The molecule has 0 saturated carbocycles. The van der Waals surface area contributed by atoms with Crippen molar-refractivity contribution in [3.05, 3.63) is 24.3 Å². The summed E-state index contributed by atoms with van der Waals surface area (Å²) < 4.78 is 5.17. The van der Waals surface area contributed by atoms with Gasteiger partial charge in [0.1, 0.15) is 5.75 Å². The molecule has 0 heterocycles. The van der Waals surface area contributed by atoms with Gasteiger partial charge in [0.25, 0.3) is 0 Å². The van der Waals surface area contributed by atoms with E-state index in [4.69, 9.17) is 9.84 Å². The van der Waals surface area contributed by atoms with Gasteiger partial charge < -0.3 is 9.84 Å². The number of ether oxygens (including phenoxy) is 1. The summed E-state index contributed by atoms with van der Waals surface area (Å²) in [6, 6.07) is 7.33. The summed E-state index contributed by atoms with van der Waals surface area (Å²) in [5.74, 6) is -0.378. The second kappa shape index (κ2) is 7.17. The van der Waals surface area contributed by atoms with Crippen LogP contribution >= 0.6 is 11.8 Å². The fourth-order valence-electron chi connectivity index (χ4n) is 0.909. The monoisotopic (exact) mass is 236 g/mol. The molecule has 0 aliphatic carbocycles. The number of rotatable bonds is 4. The molecule has 0 radical (unpaired) electrons. The quantitative estimate of drug-likeness (QED) is 0.637. The predicted molar refractivity (Wildman–Crippen MR) is 63.1 cm³/mol. The zero-order chi connectivity index (χ0) is 10.6. The SMILES string of the molecule is CSc1ccc(O[C@@H](C)C(=O)O)cc1.[NaH]. The van der Waals surface area contributed by atoms with Crippen molar-refractivity contribution in [3.8, 4) is 5.75 Å². The summed E-state index contributed by atoms with van der Waals surface area (Å²) in [7, 11) is 0. The molecule has 1 N–H and O–H groups in total. The standard InChI is InChI=1S/C10H12O3S.Na.H/c1-7(10(11)12)13-8-3-5-9(14-2)6-4-8;;/h3-7H,1-2H3,(H,11,12);;/t7-;;/m0../s1. The first kappa shape index (κ1) is 14.8. The van der Waals surface area contributed by atoms with Gasteiger partial charge in [0.2, 0.25) is 0 Å². The first-order valence-corrected chi connectivity index (χ1v) is 5.39. The van der Waals surface area contributed by atoms with Crippen molar-refractivity contribution in [1.82, 2.24) is 0 Å². The number of carboxylic acid groups (broad SMARTS) is 1. The first-order chi connectivity index (χ1) is 6.63. The van der Waals surface area contributed by atoms with Crippen LogP contribution in [-0.4, -0.2) is 53.0 Å². The Morgan fingerprint density at radius 2 is 1.93 bits per heavy atom. The molecule has 0 unspecified atom stereocenters. The Kier molecular flexibility index (Phi) is 7.09. The average Bonchev–Trinajstić information content (AvgIpc) is 2.19. The molecular weight excluding hydrogens is 223 g/mol. The van der Waals surface area contributed by atoms with E-state index in [0.29, 0.717) is 5.75 Å². The van der Waals surface area contributed by atoms with Crippen molar-refractivity contribution >= 4 is 47.3 Å². The molecule has 3 nitrogen and oxygen atoms in total. The third kappa shape index (κ3) is 4.93. The van der Waals surface area contributed by atoms with Crippen molar-refractivity contribution < 1.29 is 14.6 Å². The van der Waals surface area contributed by atoms with Crippen molar-refractivity contribution in [1.29, 1.82) is 0 Å². The fourth-order valence-corrected chi connectivity index (χ4v) is 1.32. The topological polar surface area (TPSA) is 46.5 Å². The summed E-state index contributed by atoms with van der Waals surface area (Å²) in [6.45, 7) is 1.50. The minimum atomic E-state index is -0.959. The number of thioether (sulfide) groups is 1. The van der Waals surface area contributed by atoms with Crippen molar-refractivity contribution in [2.45, 2.75) is 17.9 Å². The van der Waals surface area contributed by atoms with Gasteiger partial charge >= 0.3 is 35.5 Å². The second-order valence-electron chi connectivity index (χ2n) is 2.77. The molecule has 1 aromatic carbocycles. The van der Waals surface area contributed by atoms with Crippen LogP contribution in [0.2, 0.25) is 0 Å². The van der Waals surface area contributed by atoms with E-state index < -0.39 is 12.1 Å². The molecule has 0 saturated heterocycles. The molecule has 15 heavy (non-hydrogen) atoms. The molecule has 1 rings (SSSR count). The average molecular weight is 236 g/mol. The number of hydrogen-bond acceptors (Lipinski definition) is 3. The van der Waals surface area contributed by atoms with E-state index in [9.17, 15) is 4.79 Å². The third-order valence-corrected chi connectivity index (χ3v) is 2.46. The molecule has 0 bridgehead atoms. The van der Waals surface area contributed by atoms with E-state index in [2.05, 4.69) is 0 Å². The second-order valence-corrected chi connectivity index (χ2v) is 3.65. The number of carbonyl (C=O) groups is 1. The minimum absolute atomic E-state index is 0. The van der Waals surface area contributed by atoms with Crippen LogP contribution in [0.4, 0.5) is 0 Å². The number of hydrogen-bond donors (Lipinski definition) is 1. The van der Waals surface area contributed by atoms with Gasteiger partial charge in [-0.25, -0.2) is 4.79 Å². The summed E-state index contributed by atoms with van der Waals surface area (Å²) in [5, 5.41) is 8.61. The Morgan fingerprint density at radius 3 is 2.33 bits per heavy atom. The first-order valence-electron chi connectivity index (χ1n) is 4.17. The van der Waals surface area contributed by atoms with Crippen LogP contribution in [0.1, 0.15) is 6.92 Å². The normalized spacial score (nSPS) is 11.3. The van der Waals surface area contributed by atoms with Crippen LogP contribution < -0.4 is 4.74 Å². The van der Waals surface area contributed by atoms with Crippen LogP contribution in [0, 0.1) is 0 Å². The van der Waals surface area contributed by atoms with E-state index in [1.165, 1.54) is 6.92 Å². The molecule has 1 atom stereocenters. The van der Waals surface area contributed by atoms with Crippen molar-refractivity contribution in [2.24, 2.45) is 0 Å². The Balaban J connectivity index is 0.00000196. The van der Waals surface area contributed by atoms with Crippen molar-refractivity contribution in [3.63, 3.8) is 0 Å². The van der Waals surface area contributed by atoms with Crippen LogP contribution in [0.25, 0.3) is 0 Å². The molecule has 0 fully saturated rings. The summed E-state index contributed by atoms with van der Waals surface area (Å²) >= 11 is 1.63. The molecule has 0 aliphatic rings. The van der Waals surface area contributed by atoms with Gasteiger partial charge in [0.15, 0.2) is 6.10 Å². The molecule has 0 aromatic heterocycles. The third-order valence-electron chi connectivity index (χ3n) is 1.72. The molecule has 0 spiro atoms. The number of carboxylic acids is 1. The summed E-state index contributed by atoms with van der Waals surface area (Å²) in [5.41, 5.74) is 0.